The zero-order valence-corrected chi connectivity index (χ0v) is 11.6. The van der Waals surface area contributed by atoms with E-state index >= 15 is 0 Å². The molecule has 0 aromatic carbocycles. The quantitative estimate of drug-likeness (QED) is 0.686. The molecule has 0 saturated carbocycles. The fraction of sp³-hybridized carbons (Fsp3) is 0.545. The van der Waals surface area contributed by atoms with E-state index in [0.29, 0.717) is 4.58 Å². The van der Waals surface area contributed by atoms with Crippen LogP contribution in [-0.2, 0) is 4.79 Å². The Morgan fingerprint density at radius 1 is 1.60 bits per heavy atom. The van der Waals surface area contributed by atoms with Gasteiger partial charge in [-0.2, -0.15) is 0 Å². The Hall–Kier alpha value is 0.200. The van der Waals surface area contributed by atoms with Gasteiger partial charge in [0.25, 0.3) is 0 Å². The largest absolute Gasteiger partial charge is 0.282 e. The third-order valence-corrected chi connectivity index (χ3v) is 6.12. The molecule has 84 valence electrons. The van der Waals surface area contributed by atoms with Crippen LogP contribution in [0.4, 0.5) is 0 Å². The molecule has 1 nitrogen and oxygen atoms in total. The van der Waals surface area contributed by atoms with Gasteiger partial charge in [0.1, 0.15) is 0 Å². The molecule has 0 aliphatic carbocycles. The van der Waals surface area contributed by atoms with Gasteiger partial charge in [-0.15, -0.1) is 23.5 Å². The topological polar surface area (TPSA) is 17.1 Å². The van der Waals surface area contributed by atoms with Gasteiger partial charge in [-0.1, -0.05) is 31.7 Å². The molecule has 1 heterocycles. The predicted octanol–water partition coefficient (Wildman–Crippen LogP) is 4.27. The van der Waals surface area contributed by atoms with Crippen LogP contribution in [0.2, 0.25) is 0 Å². The Kier molecular flexibility index (Phi) is 5.94. The summed E-state index contributed by atoms with van der Waals surface area (Å²) >= 11 is 5.23. The highest BCUT2D eigenvalue weighted by atomic mass is 32.2. The summed E-state index contributed by atoms with van der Waals surface area (Å²) in [4.78, 5) is 13.9. The van der Waals surface area contributed by atoms with Crippen molar-refractivity contribution in [3.8, 4) is 0 Å². The van der Waals surface area contributed by atoms with Crippen LogP contribution in [0, 0.1) is 0 Å². The Labute approximate surface area is 105 Å². The summed E-state index contributed by atoms with van der Waals surface area (Å²) in [6.45, 7) is 7.84. The molecule has 0 saturated heterocycles. The Morgan fingerprint density at radius 3 is 2.93 bits per heavy atom. The summed E-state index contributed by atoms with van der Waals surface area (Å²) in [6.07, 6.45) is 3.86. The van der Waals surface area contributed by atoms with Crippen LogP contribution in [-0.4, -0.2) is 15.5 Å². The monoisotopic (exact) mass is 260 g/mol. The van der Waals surface area contributed by atoms with Gasteiger partial charge in [0.05, 0.1) is 4.58 Å². The highest BCUT2D eigenvalue weighted by Gasteiger charge is 2.22. The van der Waals surface area contributed by atoms with Crippen LogP contribution in [0.15, 0.2) is 22.5 Å². The van der Waals surface area contributed by atoms with Crippen LogP contribution in [0.3, 0.4) is 0 Å². The summed E-state index contributed by atoms with van der Waals surface area (Å²) < 4.78 is 0.671. The molecule has 1 atom stereocenters. The summed E-state index contributed by atoms with van der Waals surface area (Å²) in [5.74, 6) is 0.814. The minimum Gasteiger partial charge on any atom is -0.282 e. The number of allylic oxidation sites excluding steroid dienone is 1. The van der Waals surface area contributed by atoms with E-state index in [2.05, 4.69) is 20.4 Å². The van der Waals surface area contributed by atoms with Crippen molar-refractivity contribution >= 4 is 40.4 Å². The molecule has 0 fully saturated rings. The predicted molar refractivity (Wildman–Crippen MR) is 74.2 cm³/mol. The molecular formula is C11H16OS3. The summed E-state index contributed by atoms with van der Waals surface area (Å²) in [5, 5.41) is 0.0693. The van der Waals surface area contributed by atoms with Crippen molar-refractivity contribution in [2.24, 2.45) is 0 Å². The standard InChI is InChI=1S/C11H16OS3/c1-4-6-11-14-8(3)9(15-11)7-13-10(12)5-2/h5,11H,2,4,6-7H2,1,3H3. The highest BCUT2D eigenvalue weighted by molar-refractivity contribution is 8.24. The second kappa shape index (κ2) is 6.71. The van der Waals surface area contributed by atoms with Crippen LogP contribution >= 0.6 is 35.3 Å². The van der Waals surface area contributed by atoms with Crippen LogP contribution in [0.1, 0.15) is 26.7 Å². The maximum Gasteiger partial charge on any atom is 0.211 e. The molecule has 4 heteroatoms. The van der Waals surface area contributed by atoms with E-state index in [9.17, 15) is 4.79 Å². The average Bonchev–Trinajstić information content (AvgIpc) is 2.56. The van der Waals surface area contributed by atoms with Crippen molar-refractivity contribution < 1.29 is 4.79 Å². The molecule has 1 aliphatic rings. The summed E-state index contributed by atoms with van der Waals surface area (Å²) in [5.41, 5.74) is 0. The second-order valence-corrected chi connectivity index (χ2v) is 7.24. The Bertz CT molecular complexity index is 284. The third-order valence-electron chi connectivity index (χ3n) is 2.01. The van der Waals surface area contributed by atoms with Gasteiger partial charge in [-0.25, -0.2) is 0 Å². The van der Waals surface area contributed by atoms with E-state index in [1.807, 2.05) is 23.5 Å². The molecule has 0 spiro atoms. The number of hydrogen-bond donors (Lipinski definition) is 0. The molecule has 0 N–H and O–H groups in total. The molecule has 0 bridgehead atoms. The van der Waals surface area contributed by atoms with Crippen molar-refractivity contribution in [3.63, 3.8) is 0 Å². The molecular weight excluding hydrogens is 244 g/mol. The van der Waals surface area contributed by atoms with Crippen molar-refractivity contribution in [3.05, 3.63) is 22.5 Å². The maximum atomic E-state index is 11.1. The van der Waals surface area contributed by atoms with E-state index in [1.54, 1.807) is 0 Å². The minimum absolute atomic E-state index is 0.0693. The van der Waals surface area contributed by atoms with Gasteiger partial charge in [-0.05, 0) is 24.3 Å². The smallest absolute Gasteiger partial charge is 0.211 e. The van der Waals surface area contributed by atoms with Crippen molar-refractivity contribution in [2.75, 3.05) is 5.75 Å². The van der Waals surface area contributed by atoms with E-state index in [-0.39, 0.29) is 5.12 Å². The Morgan fingerprint density at radius 2 is 2.33 bits per heavy atom. The second-order valence-electron chi connectivity index (χ2n) is 3.25. The van der Waals surface area contributed by atoms with Gasteiger partial charge in [0.15, 0.2) is 0 Å². The number of carbonyl (C=O) groups excluding carboxylic acids is 1. The fourth-order valence-electron chi connectivity index (χ4n) is 1.21. The molecule has 0 radical (unpaired) electrons. The maximum absolute atomic E-state index is 11.1. The molecule has 1 unspecified atom stereocenters. The third kappa shape index (κ3) is 4.29. The fourth-order valence-corrected chi connectivity index (χ4v) is 5.41. The molecule has 0 amide bonds. The van der Waals surface area contributed by atoms with Crippen LogP contribution in [0.5, 0.6) is 0 Å². The van der Waals surface area contributed by atoms with E-state index in [1.165, 1.54) is 40.5 Å². The molecule has 0 aromatic rings. The first-order chi connectivity index (χ1) is 7.17. The SMILES string of the molecule is C=CC(=O)SCC1=C(C)SC(CCC)S1. The molecule has 0 aromatic heterocycles. The first kappa shape index (κ1) is 13.3. The van der Waals surface area contributed by atoms with Gasteiger partial charge in [0, 0.05) is 10.7 Å². The lowest BCUT2D eigenvalue weighted by atomic mass is 10.4. The minimum atomic E-state index is 0.0693. The lowest BCUT2D eigenvalue weighted by molar-refractivity contribution is -0.107. The number of carbonyl (C=O) groups is 1. The summed E-state index contributed by atoms with van der Waals surface area (Å²) in [7, 11) is 0. The number of hydrogen-bond acceptors (Lipinski definition) is 4. The molecule has 1 aliphatic heterocycles. The van der Waals surface area contributed by atoms with Crippen LogP contribution in [0.25, 0.3) is 0 Å². The number of rotatable bonds is 5. The molecule has 15 heavy (non-hydrogen) atoms. The van der Waals surface area contributed by atoms with E-state index < -0.39 is 0 Å². The highest BCUT2D eigenvalue weighted by Crippen LogP contribution is 2.48. The zero-order valence-electron chi connectivity index (χ0n) is 9.12. The first-order valence-electron chi connectivity index (χ1n) is 4.99. The summed E-state index contributed by atoms with van der Waals surface area (Å²) in [6, 6.07) is 0. The number of thioether (sulfide) groups is 3. The first-order valence-corrected chi connectivity index (χ1v) is 7.74. The van der Waals surface area contributed by atoms with Crippen molar-refractivity contribution in [1.82, 2.24) is 0 Å². The van der Waals surface area contributed by atoms with Gasteiger partial charge >= 0.3 is 0 Å². The normalized spacial score (nSPS) is 20.8. The Balaban J connectivity index is 2.39. The van der Waals surface area contributed by atoms with Gasteiger partial charge in [0.2, 0.25) is 5.12 Å². The lowest BCUT2D eigenvalue weighted by Gasteiger charge is -2.05. The van der Waals surface area contributed by atoms with Crippen molar-refractivity contribution in [2.45, 2.75) is 31.3 Å². The average molecular weight is 260 g/mol. The van der Waals surface area contributed by atoms with Gasteiger partial charge < -0.3 is 0 Å². The van der Waals surface area contributed by atoms with Crippen LogP contribution < -0.4 is 0 Å². The van der Waals surface area contributed by atoms with E-state index in [0.717, 1.165) is 5.75 Å². The van der Waals surface area contributed by atoms with E-state index in [4.69, 9.17) is 0 Å². The zero-order chi connectivity index (χ0) is 11.3. The van der Waals surface area contributed by atoms with Gasteiger partial charge in [-0.3, -0.25) is 4.79 Å². The van der Waals surface area contributed by atoms with Crippen molar-refractivity contribution in [1.29, 1.82) is 0 Å². The molecule has 1 rings (SSSR count). The lowest BCUT2D eigenvalue weighted by Crippen LogP contribution is -1.92.